The third kappa shape index (κ3) is 4.66. The van der Waals surface area contributed by atoms with Gasteiger partial charge in [-0.1, -0.05) is 13.3 Å². The van der Waals surface area contributed by atoms with Gasteiger partial charge < -0.3 is 9.80 Å². The van der Waals surface area contributed by atoms with E-state index >= 15 is 0 Å². The van der Waals surface area contributed by atoms with Crippen LogP contribution in [-0.2, 0) is 6.18 Å². The largest absolute Gasteiger partial charge is 0.416 e. The molecule has 0 radical (unpaired) electrons. The predicted octanol–water partition coefficient (Wildman–Crippen LogP) is 3.98. The van der Waals surface area contributed by atoms with Crippen molar-refractivity contribution in [2.24, 2.45) is 15.3 Å². The van der Waals surface area contributed by atoms with Crippen LogP contribution < -0.4 is 10.4 Å². The van der Waals surface area contributed by atoms with Gasteiger partial charge in [-0.15, -0.1) is 0 Å². The van der Waals surface area contributed by atoms with E-state index in [-0.39, 0.29) is 22.3 Å². The number of anilines is 1. The lowest BCUT2D eigenvalue weighted by Gasteiger charge is -2.33. The monoisotopic (exact) mass is 450 g/mol. The van der Waals surface area contributed by atoms with Gasteiger partial charge in [0.15, 0.2) is 11.3 Å². The number of aromatic nitrogens is 2. The molecule has 13 heteroatoms. The molecule has 0 saturated carbocycles. The van der Waals surface area contributed by atoms with E-state index in [0.717, 1.165) is 31.6 Å². The van der Waals surface area contributed by atoms with Gasteiger partial charge in [0.1, 0.15) is 0 Å². The van der Waals surface area contributed by atoms with Gasteiger partial charge in [-0.3, -0.25) is 5.41 Å². The Labute approximate surface area is 182 Å². The second kappa shape index (κ2) is 9.51. The molecule has 1 aliphatic heterocycles. The zero-order valence-electron chi connectivity index (χ0n) is 17.8. The van der Waals surface area contributed by atoms with Crippen molar-refractivity contribution in [3.8, 4) is 0 Å². The maximum Gasteiger partial charge on any atom is 0.416 e. The number of hydrogen-bond acceptors (Lipinski definition) is 9. The molecule has 1 saturated heterocycles. The van der Waals surface area contributed by atoms with E-state index in [1.54, 1.807) is 6.21 Å². The van der Waals surface area contributed by atoms with Crippen LogP contribution in [0.4, 0.5) is 19.0 Å². The average Bonchev–Trinajstić information content (AvgIpc) is 2.75. The molecular weight excluding hydrogens is 425 g/mol. The van der Waals surface area contributed by atoms with Crippen LogP contribution in [0.5, 0.6) is 0 Å². The second-order valence-electron chi connectivity index (χ2n) is 7.53. The summed E-state index contributed by atoms with van der Waals surface area (Å²) in [4.78, 5) is 8.40. The lowest BCUT2D eigenvalue weighted by atomic mass is 10.0. The Morgan fingerprint density at radius 3 is 2.38 bits per heavy atom. The highest BCUT2D eigenvalue weighted by Gasteiger charge is 2.36. The highest BCUT2D eigenvalue weighted by molar-refractivity contribution is 5.79. The number of fused-ring (bicyclic) bond motifs is 1. The lowest BCUT2D eigenvalue weighted by molar-refractivity contribution is -0.138. The first-order valence-corrected chi connectivity index (χ1v) is 10.1. The van der Waals surface area contributed by atoms with E-state index in [9.17, 15) is 13.2 Å². The van der Waals surface area contributed by atoms with Gasteiger partial charge in [0.2, 0.25) is 6.17 Å². The number of nitrogens with zero attached hydrogens (tertiary/aromatic N) is 7. The third-order valence-electron chi connectivity index (χ3n) is 5.27. The van der Waals surface area contributed by atoms with Crippen LogP contribution in [0, 0.1) is 16.5 Å². The molecule has 0 bridgehead atoms. The molecule has 0 aliphatic carbocycles. The number of halogens is 3. The highest BCUT2D eigenvalue weighted by Crippen LogP contribution is 2.38. The predicted molar refractivity (Wildman–Crippen MR) is 112 cm³/mol. The number of rotatable bonds is 7. The van der Waals surface area contributed by atoms with E-state index in [1.165, 1.54) is 4.68 Å². The van der Waals surface area contributed by atoms with Crippen molar-refractivity contribution in [2.75, 3.05) is 38.1 Å². The van der Waals surface area contributed by atoms with Gasteiger partial charge in [-0.25, -0.2) is 20.7 Å². The van der Waals surface area contributed by atoms with Gasteiger partial charge in [0.05, 0.1) is 16.6 Å². The van der Waals surface area contributed by atoms with Gasteiger partial charge in [-0.2, -0.15) is 28.5 Å². The molecule has 0 spiro atoms. The molecule has 10 nitrogen and oxygen atoms in total. The summed E-state index contributed by atoms with van der Waals surface area (Å²) < 4.78 is 42.7. The molecule has 0 atom stereocenters. The summed E-state index contributed by atoms with van der Waals surface area (Å²) in [5, 5.41) is 19.1. The topological polar surface area (TPSA) is 133 Å². The first-order valence-electron chi connectivity index (χ1n) is 10.1. The molecule has 2 aromatic rings. The number of nitrogens with one attached hydrogen (secondary N) is 3. The number of alkyl halides is 3. The molecule has 3 rings (SSSR count). The van der Waals surface area contributed by atoms with Crippen molar-refractivity contribution in [1.82, 2.24) is 14.6 Å². The van der Waals surface area contributed by atoms with E-state index in [0.29, 0.717) is 19.5 Å². The van der Waals surface area contributed by atoms with Crippen LogP contribution in [0.1, 0.15) is 37.1 Å². The van der Waals surface area contributed by atoms with E-state index in [2.05, 4.69) is 25.2 Å². The van der Waals surface area contributed by atoms with Crippen molar-refractivity contribution >= 4 is 23.1 Å². The molecule has 32 heavy (non-hydrogen) atoms. The third-order valence-corrected chi connectivity index (χ3v) is 5.27. The van der Waals surface area contributed by atoms with Gasteiger partial charge in [0, 0.05) is 38.0 Å². The maximum absolute atomic E-state index is 13.8. The molecule has 1 aromatic heterocycles. The number of piperazine rings is 1. The fourth-order valence-corrected chi connectivity index (χ4v) is 3.49. The standard InChI is InChI=1S/C19H25F3N10/c1-3-4-5-26-32-15-10-12(17(28-24)29-25)13(19(20,21)22)11-14(15)27-18(16(32)23)31-8-6-30(2)7-9-31/h5,10-11,17,23-25H,3-4,6-9H2,1-2H3. The lowest BCUT2D eigenvalue weighted by Crippen LogP contribution is -2.47. The summed E-state index contributed by atoms with van der Waals surface area (Å²) in [6, 6.07) is 1.99. The Hall–Kier alpha value is -3.22. The van der Waals surface area contributed by atoms with Gasteiger partial charge >= 0.3 is 6.18 Å². The van der Waals surface area contributed by atoms with E-state index in [1.807, 2.05) is 18.9 Å². The smallest absolute Gasteiger partial charge is 0.351 e. The minimum absolute atomic E-state index is 0.00774. The van der Waals surface area contributed by atoms with Crippen molar-refractivity contribution in [3.63, 3.8) is 0 Å². The van der Waals surface area contributed by atoms with Gasteiger partial charge in [-0.05, 0) is 25.6 Å². The summed E-state index contributed by atoms with van der Waals surface area (Å²) in [6.07, 6.45) is -3.37. The first kappa shape index (κ1) is 23.4. The molecule has 0 amide bonds. The molecule has 172 valence electrons. The minimum Gasteiger partial charge on any atom is -0.351 e. The Morgan fingerprint density at radius 1 is 1.16 bits per heavy atom. The highest BCUT2D eigenvalue weighted by atomic mass is 19.4. The molecule has 1 aromatic carbocycles. The zero-order valence-corrected chi connectivity index (χ0v) is 17.8. The normalized spacial score (nSPS) is 16.6. The summed E-state index contributed by atoms with van der Waals surface area (Å²) in [5.41, 5.74) is 12.9. The van der Waals surface area contributed by atoms with Crippen molar-refractivity contribution in [1.29, 1.82) is 16.5 Å². The van der Waals surface area contributed by atoms with Crippen LogP contribution in [0.2, 0.25) is 0 Å². The first-order chi connectivity index (χ1) is 15.2. The summed E-state index contributed by atoms with van der Waals surface area (Å²) in [7, 11) is 1.98. The Bertz CT molecular complexity index is 1080. The SMILES string of the molecule is CCCC=Nn1c(=N)c(N2CCN(C)CC2)nc2cc(C(F)(F)F)c(C(N=N)N=N)cc21. The van der Waals surface area contributed by atoms with Crippen LogP contribution in [-0.4, -0.2) is 54.0 Å². The number of benzene rings is 1. The molecule has 2 heterocycles. The number of hydrogen-bond donors (Lipinski definition) is 3. The molecular formula is C19H25F3N10. The van der Waals surface area contributed by atoms with E-state index in [4.69, 9.17) is 16.5 Å². The Morgan fingerprint density at radius 2 is 1.81 bits per heavy atom. The van der Waals surface area contributed by atoms with Crippen LogP contribution in [0.3, 0.4) is 0 Å². The van der Waals surface area contributed by atoms with Gasteiger partial charge in [0.25, 0.3) is 0 Å². The Balaban J connectivity index is 2.32. The van der Waals surface area contributed by atoms with E-state index < -0.39 is 23.5 Å². The fraction of sp³-hybridized carbons (Fsp3) is 0.526. The van der Waals surface area contributed by atoms with Crippen molar-refractivity contribution < 1.29 is 13.2 Å². The second-order valence-corrected chi connectivity index (χ2v) is 7.53. The molecule has 1 fully saturated rings. The quantitative estimate of drug-likeness (QED) is 0.435. The van der Waals surface area contributed by atoms with Crippen LogP contribution in [0.25, 0.3) is 11.0 Å². The van der Waals surface area contributed by atoms with Crippen molar-refractivity contribution in [2.45, 2.75) is 32.1 Å². The number of unbranched alkanes of at least 4 members (excludes halogenated alkanes) is 1. The minimum atomic E-state index is -4.76. The van der Waals surface area contributed by atoms with Crippen molar-refractivity contribution in [3.05, 3.63) is 28.7 Å². The summed E-state index contributed by atoms with van der Waals surface area (Å²) in [5.74, 6) is 0.257. The Kier molecular flexibility index (Phi) is 6.96. The number of likely N-dealkylation sites (N-methyl/N-ethyl adjacent to an activating group) is 1. The molecule has 1 aliphatic rings. The summed E-state index contributed by atoms with van der Waals surface area (Å²) >= 11 is 0. The zero-order chi connectivity index (χ0) is 23.5. The summed E-state index contributed by atoms with van der Waals surface area (Å²) in [6.45, 7) is 4.61. The average molecular weight is 450 g/mol. The van der Waals surface area contributed by atoms with Crippen LogP contribution in [0.15, 0.2) is 27.5 Å². The maximum atomic E-state index is 13.8. The van der Waals surface area contributed by atoms with Crippen LogP contribution >= 0.6 is 0 Å². The molecule has 0 unspecified atom stereocenters. The molecule has 3 N–H and O–H groups in total. The fourth-order valence-electron chi connectivity index (χ4n) is 3.49.